The summed E-state index contributed by atoms with van der Waals surface area (Å²) >= 11 is 0. The number of phenolic OH excluding ortho intramolecular Hbond substituents is 1. The van der Waals surface area contributed by atoms with E-state index in [0.717, 1.165) is 27.8 Å². The largest absolute Gasteiger partial charge is 0.508 e. The van der Waals surface area contributed by atoms with Crippen LogP contribution < -0.4 is 21.9 Å². The molecule has 1 aliphatic heterocycles. The Hall–Kier alpha value is -4.28. The van der Waals surface area contributed by atoms with Gasteiger partial charge < -0.3 is 15.7 Å². The molecular formula is C31H33F2N5O3. The fourth-order valence-electron chi connectivity index (χ4n) is 5.36. The van der Waals surface area contributed by atoms with Crippen molar-refractivity contribution in [3.63, 3.8) is 0 Å². The normalized spacial score (nSPS) is 14.8. The first kappa shape index (κ1) is 28.3. The van der Waals surface area contributed by atoms with E-state index in [1.165, 1.54) is 10.6 Å². The van der Waals surface area contributed by atoms with Gasteiger partial charge in [-0.3, -0.25) is 18.8 Å². The van der Waals surface area contributed by atoms with Crippen LogP contribution in [0.15, 0.2) is 82.4 Å². The minimum absolute atomic E-state index is 0.0953. The maximum Gasteiger partial charge on any atom is 0.331 e. The first-order chi connectivity index (χ1) is 19.7. The van der Waals surface area contributed by atoms with E-state index in [4.69, 9.17) is 5.73 Å². The Labute approximate surface area is 236 Å². The van der Waals surface area contributed by atoms with Crippen molar-refractivity contribution < 1.29 is 13.9 Å². The van der Waals surface area contributed by atoms with Gasteiger partial charge in [-0.15, -0.1) is 0 Å². The molecule has 0 amide bonds. The van der Waals surface area contributed by atoms with Crippen LogP contribution in [-0.4, -0.2) is 45.3 Å². The fourth-order valence-corrected chi connectivity index (χ4v) is 5.36. The Morgan fingerprint density at radius 1 is 0.829 bits per heavy atom. The molecule has 1 aromatic heterocycles. The molecule has 2 heterocycles. The van der Waals surface area contributed by atoms with Gasteiger partial charge in [0, 0.05) is 55.6 Å². The molecule has 0 unspecified atom stereocenters. The van der Waals surface area contributed by atoms with Crippen LogP contribution in [0.4, 0.5) is 14.5 Å². The van der Waals surface area contributed by atoms with Gasteiger partial charge in [0.1, 0.15) is 23.1 Å². The smallest absolute Gasteiger partial charge is 0.331 e. The second-order valence-electron chi connectivity index (χ2n) is 10.3. The molecule has 10 heteroatoms. The average molecular weight is 562 g/mol. The lowest BCUT2D eigenvalue weighted by molar-refractivity contribution is 0.246. The Morgan fingerprint density at radius 2 is 1.46 bits per heavy atom. The third kappa shape index (κ3) is 5.94. The van der Waals surface area contributed by atoms with E-state index in [9.17, 15) is 23.5 Å². The number of phenols is 1. The summed E-state index contributed by atoms with van der Waals surface area (Å²) in [5.74, 6) is -1.31. The zero-order valence-electron chi connectivity index (χ0n) is 22.8. The molecule has 3 N–H and O–H groups in total. The van der Waals surface area contributed by atoms with Gasteiger partial charge in [0.25, 0.3) is 5.56 Å². The van der Waals surface area contributed by atoms with Crippen molar-refractivity contribution in [2.24, 2.45) is 5.73 Å². The van der Waals surface area contributed by atoms with Crippen LogP contribution in [0.2, 0.25) is 0 Å². The minimum Gasteiger partial charge on any atom is -0.508 e. The highest BCUT2D eigenvalue weighted by Gasteiger charge is 2.27. The maximum absolute atomic E-state index is 14.6. The number of rotatable bonds is 8. The lowest BCUT2D eigenvalue weighted by Crippen LogP contribution is -2.51. The van der Waals surface area contributed by atoms with Gasteiger partial charge in [0.2, 0.25) is 0 Å². The lowest BCUT2D eigenvalue weighted by Gasteiger charge is -2.37. The van der Waals surface area contributed by atoms with Crippen LogP contribution in [0.3, 0.4) is 0 Å². The van der Waals surface area contributed by atoms with Crippen molar-refractivity contribution in [2.45, 2.75) is 32.6 Å². The SMILES string of the molecule is Cc1c(N2CCN(Cc3ccccc3O)CC2)c(=O)n(C[C@H](N)c2ccccc2)c(=O)n1Cc1c(F)cccc1F. The van der Waals surface area contributed by atoms with E-state index >= 15 is 0 Å². The van der Waals surface area contributed by atoms with Gasteiger partial charge in [-0.2, -0.15) is 0 Å². The molecule has 0 bridgehead atoms. The highest BCUT2D eigenvalue weighted by molar-refractivity contribution is 5.50. The number of para-hydroxylation sites is 1. The van der Waals surface area contributed by atoms with Gasteiger partial charge >= 0.3 is 5.69 Å². The molecule has 0 aliphatic carbocycles. The van der Waals surface area contributed by atoms with E-state index in [0.29, 0.717) is 44.1 Å². The molecule has 0 radical (unpaired) electrons. The molecule has 0 spiro atoms. The number of halogens is 2. The Balaban J connectivity index is 1.50. The molecule has 3 aromatic carbocycles. The third-order valence-corrected chi connectivity index (χ3v) is 7.72. The zero-order chi connectivity index (χ0) is 29.1. The summed E-state index contributed by atoms with van der Waals surface area (Å²) in [7, 11) is 0. The topological polar surface area (TPSA) is 96.7 Å². The fraction of sp³-hybridized carbons (Fsp3) is 0.290. The number of hydrogen-bond acceptors (Lipinski definition) is 6. The summed E-state index contributed by atoms with van der Waals surface area (Å²) in [6, 6.07) is 19.2. The minimum atomic E-state index is -0.769. The molecular weight excluding hydrogens is 528 g/mol. The van der Waals surface area contributed by atoms with Crippen LogP contribution in [0.1, 0.15) is 28.4 Å². The van der Waals surface area contributed by atoms with Crippen LogP contribution in [0.25, 0.3) is 0 Å². The van der Waals surface area contributed by atoms with Crippen LogP contribution in [-0.2, 0) is 19.6 Å². The number of hydrogen-bond donors (Lipinski definition) is 2. The van der Waals surface area contributed by atoms with E-state index in [1.807, 2.05) is 47.4 Å². The monoisotopic (exact) mass is 561 g/mol. The second kappa shape index (κ2) is 12.1. The molecule has 8 nitrogen and oxygen atoms in total. The van der Waals surface area contributed by atoms with Gasteiger partial charge in [0.15, 0.2) is 0 Å². The quantitative estimate of drug-likeness (QED) is 0.343. The predicted octanol–water partition coefficient (Wildman–Crippen LogP) is 3.37. The van der Waals surface area contributed by atoms with Crippen LogP contribution in [0, 0.1) is 18.6 Å². The second-order valence-corrected chi connectivity index (χ2v) is 10.3. The van der Waals surface area contributed by atoms with Crippen molar-refractivity contribution in [1.29, 1.82) is 0 Å². The lowest BCUT2D eigenvalue weighted by atomic mass is 10.1. The molecule has 1 saturated heterocycles. The maximum atomic E-state index is 14.6. The molecule has 5 rings (SSSR count). The van der Waals surface area contributed by atoms with Gasteiger partial charge in [-0.1, -0.05) is 54.6 Å². The number of aromatic nitrogens is 2. The molecule has 4 aromatic rings. The molecule has 1 atom stereocenters. The van der Waals surface area contributed by atoms with E-state index < -0.39 is 28.9 Å². The van der Waals surface area contributed by atoms with Crippen LogP contribution >= 0.6 is 0 Å². The van der Waals surface area contributed by atoms with Crippen molar-refractivity contribution in [1.82, 2.24) is 14.0 Å². The first-order valence-electron chi connectivity index (χ1n) is 13.6. The summed E-state index contributed by atoms with van der Waals surface area (Å²) in [6.45, 7) is 3.91. The number of nitrogens with zero attached hydrogens (tertiary/aromatic N) is 4. The molecule has 214 valence electrons. The Bertz CT molecular complexity index is 1630. The van der Waals surface area contributed by atoms with Gasteiger partial charge in [-0.05, 0) is 30.7 Å². The summed E-state index contributed by atoms with van der Waals surface area (Å²) in [6.07, 6.45) is 0. The summed E-state index contributed by atoms with van der Waals surface area (Å²) in [5.41, 5.74) is 7.21. The molecule has 1 aliphatic rings. The van der Waals surface area contributed by atoms with Gasteiger partial charge in [0.05, 0.1) is 13.1 Å². The number of piperazine rings is 1. The number of nitrogens with two attached hydrogens (primary N) is 1. The van der Waals surface area contributed by atoms with E-state index in [1.54, 1.807) is 19.1 Å². The van der Waals surface area contributed by atoms with E-state index in [2.05, 4.69) is 4.90 Å². The third-order valence-electron chi connectivity index (χ3n) is 7.72. The highest BCUT2D eigenvalue weighted by atomic mass is 19.1. The number of aromatic hydroxyl groups is 1. The summed E-state index contributed by atoms with van der Waals surface area (Å²) < 4.78 is 31.6. The highest BCUT2D eigenvalue weighted by Crippen LogP contribution is 2.22. The Kier molecular flexibility index (Phi) is 8.32. The number of benzene rings is 3. The number of anilines is 1. The summed E-state index contributed by atoms with van der Waals surface area (Å²) in [4.78, 5) is 31.7. The van der Waals surface area contributed by atoms with Crippen molar-refractivity contribution in [3.05, 3.63) is 128 Å². The predicted molar refractivity (Wildman–Crippen MR) is 154 cm³/mol. The van der Waals surface area contributed by atoms with Gasteiger partial charge in [-0.25, -0.2) is 13.6 Å². The average Bonchev–Trinajstić information content (AvgIpc) is 2.97. The standard InChI is InChI=1S/C31H33F2N5O3/c1-21-29(36-16-14-35(15-17-36)18-23-10-5-6-13-28(23)39)30(40)38(20-27(34)22-8-3-2-4-9-22)31(41)37(21)19-24-25(32)11-7-12-26(24)33/h2-13,27,39H,14-20,34H2,1H3/t27-/m0/s1. The van der Waals surface area contributed by atoms with E-state index in [-0.39, 0.29) is 24.4 Å². The Morgan fingerprint density at radius 3 is 2.12 bits per heavy atom. The van der Waals surface area contributed by atoms with Crippen LogP contribution in [0.5, 0.6) is 5.75 Å². The molecule has 0 saturated carbocycles. The molecule has 41 heavy (non-hydrogen) atoms. The van der Waals surface area contributed by atoms with Crippen molar-refractivity contribution in [2.75, 3.05) is 31.1 Å². The first-order valence-corrected chi connectivity index (χ1v) is 13.6. The summed E-state index contributed by atoms with van der Waals surface area (Å²) in [5, 5.41) is 10.2. The zero-order valence-corrected chi connectivity index (χ0v) is 22.8. The van der Waals surface area contributed by atoms with Crippen molar-refractivity contribution >= 4 is 5.69 Å². The molecule has 1 fully saturated rings. The van der Waals surface area contributed by atoms with Crippen molar-refractivity contribution in [3.8, 4) is 5.75 Å².